The van der Waals surface area contributed by atoms with Crippen molar-refractivity contribution < 1.29 is 90.4 Å². The fraction of sp³-hybridized carbons (Fsp3) is 0. The Labute approximate surface area is 109 Å². The number of rotatable bonds is 0. The van der Waals surface area contributed by atoms with Gasteiger partial charge in [-0.3, -0.25) is 0 Å². The summed E-state index contributed by atoms with van der Waals surface area (Å²) in [5.74, 6) is 0. The van der Waals surface area contributed by atoms with Crippen LogP contribution >= 0.6 is 20.2 Å². The van der Waals surface area contributed by atoms with Crippen molar-refractivity contribution in [2.45, 2.75) is 0 Å². The summed E-state index contributed by atoms with van der Waals surface area (Å²) in [6, 6.07) is 0. The molecule has 0 saturated heterocycles. The van der Waals surface area contributed by atoms with Gasteiger partial charge in [0.25, 0.3) is 0 Å². The zero-order valence-corrected chi connectivity index (χ0v) is 12.7. The molecule has 4 nitrogen and oxygen atoms in total. The predicted octanol–water partition coefficient (Wildman–Crippen LogP) is -0.507. The molecule has 0 aliphatic heterocycles. The van der Waals surface area contributed by atoms with Crippen LogP contribution in [0.15, 0.2) is 0 Å². The maximum Gasteiger partial charge on any atom is 0.466 e. The van der Waals surface area contributed by atoms with Gasteiger partial charge in [0.15, 0.2) is 0 Å². The van der Waals surface area contributed by atoms with E-state index in [0.717, 1.165) is 0 Å². The molecule has 0 aromatic rings. The van der Waals surface area contributed by atoms with Gasteiger partial charge in [-0.05, 0) is 0 Å². The molecule has 0 aromatic carbocycles. The van der Waals surface area contributed by atoms with Crippen LogP contribution in [-0.2, 0) is 4.57 Å². The van der Waals surface area contributed by atoms with Gasteiger partial charge in [0, 0.05) is 71.2 Å². The van der Waals surface area contributed by atoms with Gasteiger partial charge in [0.2, 0.25) is 0 Å². The van der Waals surface area contributed by atoms with Gasteiger partial charge in [-0.2, -0.15) is 0 Å². The third-order valence-electron chi connectivity index (χ3n) is 0. The molecular weight excluding hydrogens is 408 g/mol. The Balaban J connectivity index is -0.0000000267. The van der Waals surface area contributed by atoms with E-state index in [-0.39, 0.29) is 83.6 Å². The second-order valence-electron chi connectivity index (χ2n) is 0.513. The first-order valence-corrected chi connectivity index (χ1v) is 2.35. The molecule has 0 unspecified atom stereocenters. The van der Waals surface area contributed by atoms with Crippen molar-refractivity contribution in [2.75, 3.05) is 0 Å². The molecule has 0 amide bonds. The standard InChI is InChI=1S/ClH.2La.H3O4P/c;;;1-5(2,3)4/h1H;;;(H3,1,2,3,4). The fourth-order valence-electron chi connectivity index (χ4n) is 0. The molecule has 2 radical (unpaired) electrons. The summed E-state index contributed by atoms with van der Waals surface area (Å²) in [5.41, 5.74) is 0. The molecule has 0 atom stereocenters. The van der Waals surface area contributed by atoms with Crippen molar-refractivity contribution in [2.24, 2.45) is 0 Å². The zero-order valence-electron chi connectivity index (χ0n) is 3.76. The van der Waals surface area contributed by atoms with Crippen LogP contribution in [0.25, 0.3) is 0 Å². The van der Waals surface area contributed by atoms with Gasteiger partial charge in [-0.1, -0.05) is 0 Å². The van der Waals surface area contributed by atoms with Crippen LogP contribution in [0.1, 0.15) is 0 Å². The van der Waals surface area contributed by atoms with Crippen molar-refractivity contribution in [1.82, 2.24) is 0 Å². The summed E-state index contributed by atoms with van der Waals surface area (Å²) in [5, 5.41) is 0. The summed E-state index contributed by atoms with van der Waals surface area (Å²) in [7, 11) is -4.64. The molecule has 0 spiro atoms. The SMILES string of the molecule is Cl.O=P(O)(O)O.[La].[La]. The van der Waals surface area contributed by atoms with E-state index in [9.17, 15) is 0 Å². The van der Waals surface area contributed by atoms with E-state index < -0.39 is 7.82 Å². The summed E-state index contributed by atoms with van der Waals surface area (Å²) in [6.07, 6.45) is 0. The van der Waals surface area contributed by atoms with Crippen molar-refractivity contribution in [3.05, 3.63) is 0 Å². The van der Waals surface area contributed by atoms with Crippen molar-refractivity contribution in [3.63, 3.8) is 0 Å². The minimum absolute atomic E-state index is 0. The molecule has 0 fully saturated rings. The Morgan fingerprint density at radius 3 is 1.00 bits per heavy atom. The second kappa shape index (κ2) is 9.79. The molecule has 0 aliphatic carbocycles. The number of hydrogen-bond donors (Lipinski definition) is 3. The third-order valence-corrected chi connectivity index (χ3v) is 0. The minimum Gasteiger partial charge on any atom is -0.303 e. The van der Waals surface area contributed by atoms with Gasteiger partial charge < -0.3 is 14.7 Å². The predicted molar refractivity (Wildman–Crippen MR) is 21.5 cm³/mol. The number of halogens is 1. The van der Waals surface area contributed by atoms with E-state index in [2.05, 4.69) is 0 Å². The summed E-state index contributed by atoms with van der Waals surface area (Å²) >= 11 is 0. The Morgan fingerprint density at radius 1 is 1.00 bits per heavy atom. The summed E-state index contributed by atoms with van der Waals surface area (Å²) in [6.45, 7) is 0. The topological polar surface area (TPSA) is 77.8 Å². The first kappa shape index (κ1) is 22.4. The van der Waals surface area contributed by atoms with Gasteiger partial charge in [-0.15, -0.1) is 12.4 Å². The molecule has 3 N–H and O–H groups in total. The molecule has 0 saturated carbocycles. The molecule has 46 valence electrons. The molecule has 8 heavy (non-hydrogen) atoms. The van der Waals surface area contributed by atoms with Crippen LogP contribution in [0.4, 0.5) is 0 Å². The van der Waals surface area contributed by atoms with Gasteiger partial charge in [-0.25, -0.2) is 4.57 Å². The molecule has 0 heterocycles. The summed E-state index contributed by atoms with van der Waals surface area (Å²) < 4.78 is 8.88. The maximum absolute atomic E-state index is 8.88. The van der Waals surface area contributed by atoms with Crippen LogP contribution < -0.4 is 0 Å². The van der Waals surface area contributed by atoms with Gasteiger partial charge >= 0.3 is 7.82 Å². The molecule has 0 bridgehead atoms. The Morgan fingerprint density at radius 2 is 1.00 bits per heavy atom. The van der Waals surface area contributed by atoms with Crippen molar-refractivity contribution in [3.8, 4) is 0 Å². The van der Waals surface area contributed by atoms with E-state index in [1.165, 1.54) is 0 Å². The van der Waals surface area contributed by atoms with E-state index in [4.69, 9.17) is 19.2 Å². The van der Waals surface area contributed by atoms with E-state index in [1.54, 1.807) is 0 Å². The Hall–Kier alpha value is 2.79. The number of hydrogen-bond acceptors (Lipinski definition) is 1. The van der Waals surface area contributed by atoms with Crippen molar-refractivity contribution >= 4 is 20.2 Å². The van der Waals surface area contributed by atoms with Crippen molar-refractivity contribution in [1.29, 1.82) is 0 Å². The van der Waals surface area contributed by atoms with E-state index in [0.29, 0.717) is 0 Å². The molecule has 8 heteroatoms. The second-order valence-corrected chi connectivity index (χ2v) is 1.54. The van der Waals surface area contributed by atoms with Gasteiger partial charge in [0.05, 0.1) is 0 Å². The van der Waals surface area contributed by atoms with Crippen LogP contribution in [0.2, 0.25) is 0 Å². The minimum atomic E-state index is -4.64. The first-order chi connectivity index (χ1) is 2.00. The monoisotopic (exact) mass is 412 g/mol. The fourth-order valence-corrected chi connectivity index (χ4v) is 0. The number of phosphoric acid groups is 1. The van der Waals surface area contributed by atoms with Gasteiger partial charge in [0.1, 0.15) is 0 Å². The molecular formula is H4ClLa2O4P. The first-order valence-electron chi connectivity index (χ1n) is 0.783. The maximum atomic E-state index is 8.88. The van der Waals surface area contributed by atoms with Crippen LogP contribution in [-0.4, -0.2) is 14.7 Å². The molecule has 0 rings (SSSR count). The summed E-state index contributed by atoms with van der Waals surface area (Å²) in [4.78, 5) is 21.6. The molecule has 0 aromatic heterocycles. The average Bonchev–Trinajstić information content (AvgIpc) is 0.722. The quantitative estimate of drug-likeness (QED) is 0.469. The van der Waals surface area contributed by atoms with Crippen LogP contribution in [0, 0.1) is 71.2 Å². The van der Waals surface area contributed by atoms with E-state index >= 15 is 0 Å². The third kappa shape index (κ3) is 68.5. The largest absolute Gasteiger partial charge is 0.466 e. The Kier molecular flexibility index (Phi) is 27.4. The van der Waals surface area contributed by atoms with E-state index in [1.807, 2.05) is 0 Å². The molecule has 0 aliphatic rings. The Bertz CT molecular complexity index is 60.2. The normalized spacial score (nSPS) is 7.38. The van der Waals surface area contributed by atoms with Crippen LogP contribution in [0.5, 0.6) is 0 Å². The smallest absolute Gasteiger partial charge is 0.303 e. The van der Waals surface area contributed by atoms with Crippen LogP contribution in [0.3, 0.4) is 0 Å². The average molecular weight is 412 g/mol. The zero-order chi connectivity index (χ0) is 4.50.